The van der Waals surface area contributed by atoms with Gasteiger partial charge in [-0.15, -0.1) is 0 Å². The molecule has 7 rings (SSSR count). The molecule has 0 unspecified atom stereocenters. The maximum atomic E-state index is 14.3. The first kappa shape index (κ1) is 35.5. The number of ether oxygens (including phenoxy) is 5. The van der Waals surface area contributed by atoms with Gasteiger partial charge in [0.25, 0.3) is 5.91 Å². The summed E-state index contributed by atoms with van der Waals surface area (Å²) in [5, 5.41) is 0.383. The highest BCUT2D eigenvalue weighted by molar-refractivity contribution is 6.76. The van der Waals surface area contributed by atoms with Gasteiger partial charge < -0.3 is 38.1 Å². The van der Waals surface area contributed by atoms with E-state index in [1.54, 1.807) is 26.5 Å². The molecule has 266 valence electrons. The highest BCUT2D eigenvalue weighted by atomic mass is 28.3. The van der Waals surface area contributed by atoms with E-state index in [2.05, 4.69) is 24.5 Å². The molecule has 1 amide bonds. The van der Waals surface area contributed by atoms with Crippen LogP contribution in [-0.2, 0) is 24.7 Å². The van der Waals surface area contributed by atoms with E-state index in [9.17, 15) is 9.59 Å². The Labute approximate surface area is 295 Å². The van der Waals surface area contributed by atoms with Crippen molar-refractivity contribution in [3.63, 3.8) is 0 Å². The molecule has 0 N–H and O–H groups in total. The molecule has 4 aromatic rings. The number of fused-ring (bicyclic) bond motifs is 5. The standard InChI is InChI=1S/C39H49N3O7Si/c1-45-31-10-6-28(7-11-31)25-48-36-22-33-35(23-37(36)49-26-29-8-12-32(46-2)13-9-29)41(27-47-20-21-50(3,4)5)24-34(38(33)43)39(44)42-19-18-40-16-14-30(42)15-17-40/h6-13,22-24,30H,14-21,25-27H2,1-5H3. The molecule has 11 heteroatoms. The largest absolute Gasteiger partial charge is 0.497 e. The summed E-state index contributed by atoms with van der Waals surface area (Å²) in [6.07, 6.45) is 3.53. The smallest absolute Gasteiger partial charge is 0.259 e. The van der Waals surface area contributed by atoms with Gasteiger partial charge >= 0.3 is 0 Å². The van der Waals surface area contributed by atoms with Gasteiger partial charge in [-0.1, -0.05) is 43.9 Å². The van der Waals surface area contributed by atoms with Crippen LogP contribution >= 0.6 is 0 Å². The Morgan fingerprint density at radius 1 is 0.800 bits per heavy atom. The van der Waals surface area contributed by atoms with Gasteiger partial charge in [0, 0.05) is 59.2 Å². The van der Waals surface area contributed by atoms with Crippen LogP contribution in [0.1, 0.15) is 34.3 Å². The molecule has 3 aliphatic rings. The van der Waals surface area contributed by atoms with Crippen LogP contribution < -0.4 is 24.4 Å². The second kappa shape index (κ2) is 15.7. The van der Waals surface area contributed by atoms with Crippen molar-refractivity contribution >= 4 is 24.9 Å². The van der Waals surface area contributed by atoms with Crippen molar-refractivity contribution in [2.45, 2.75) is 64.5 Å². The molecule has 50 heavy (non-hydrogen) atoms. The molecule has 0 radical (unpaired) electrons. The molecule has 2 bridgehead atoms. The molecule has 1 aromatic heterocycles. The number of benzene rings is 3. The third kappa shape index (κ3) is 8.51. The molecule has 0 aliphatic carbocycles. The summed E-state index contributed by atoms with van der Waals surface area (Å²) < 4.78 is 31.5. The SMILES string of the molecule is COc1ccc(COc2cc3c(=O)c(C(=O)N4CCN5CCC4CC5)cn(COCC[Si](C)(C)C)c3cc2OCc2ccc(OC)cc2)cc1. The minimum absolute atomic E-state index is 0.134. The molecule has 3 fully saturated rings. The maximum absolute atomic E-state index is 14.3. The number of rotatable bonds is 14. The monoisotopic (exact) mass is 699 g/mol. The highest BCUT2D eigenvalue weighted by Gasteiger charge is 2.34. The Morgan fingerprint density at radius 3 is 1.94 bits per heavy atom. The van der Waals surface area contributed by atoms with E-state index in [0.29, 0.717) is 35.6 Å². The van der Waals surface area contributed by atoms with Crippen LogP contribution in [0.3, 0.4) is 0 Å². The fraction of sp³-hybridized carbons (Fsp3) is 0.436. The van der Waals surface area contributed by atoms with Gasteiger partial charge in [0.1, 0.15) is 37.0 Å². The second-order valence-corrected chi connectivity index (χ2v) is 20.0. The Hall–Kier alpha value is -4.32. The summed E-state index contributed by atoms with van der Waals surface area (Å²) >= 11 is 0. The quantitative estimate of drug-likeness (QED) is 0.110. The number of hydrogen-bond acceptors (Lipinski definition) is 8. The first-order valence-corrected chi connectivity index (χ1v) is 21.2. The number of hydrogen-bond donors (Lipinski definition) is 0. The van der Waals surface area contributed by atoms with Crippen molar-refractivity contribution in [2.75, 3.05) is 47.0 Å². The number of methoxy groups -OCH3 is 2. The molecule has 3 aliphatic heterocycles. The second-order valence-electron chi connectivity index (χ2n) is 14.4. The number of nitrogens with zero attached hydrogens (tertiary/aromatic N) is 3. The summed E-state index contributed by atoms with van der Waals surface area (Å²) in [7, 11) is 1.93. The van der Waals surface area contributed by atoms with Gasteiger partial charge in [-0.25, -0.2) is 0 Å². The highest BCUT2D eigenvalue weighted by Crippen LogP contribution is 2.34. The molecular formula is C39H49N3O7Si. The van der Waals surface area contributed by atoms with Crippen molar-refractivity contribution in [2.24, 2.45) is 0 Å². The number of carbonyl (C=O) groups excluding carboxylic acids is 1. The van der Waals surface area contributed by atoms with Crippen LogP contribution in [0.5, 0.6) is 23.0 Å². The number of pyridine rings is 1. The van der Waals surface area contributed by atoms with E-state index in [1.807, 2.05) is 64.1 Å². The zero-order chi connectivity index (χ0) is 35.3. The number of amides is 1. The maximum Gasteiger partial charge on any atom is 0.259 e. The van der Waals surface area contributed by atoms with Crippen molar-refractivity contribution < 1.29 is 28.5 Å². The number of aromatic nitrogens is 1. The van der Waals surface area contributed by atoms with Crippen LogP contribution in [0.15, 0.2) is 71.7 Å². The Kier molecular flexibility index (Phi) is 11.1. The lowest BCUT2D eigenvalue weighted by molar-refractivity contribution is 0.0678. The van der Waals surface area contributed by atoms with Crippen LogP contribution in [0.25, 0.3) is 10.9 Å². The van der Waals surface area contributed by atoms with Crippen LogP contribution in [0.4, 0.5) is 0 Å². The minimum Gasteiger partial charge on any atom is -0.497 e. The zero-order valence-corrected chi connectivity index (χ0v) is 30.9. The third-order valence-corrected chi connectivity index (χ3v) is 11.3. The van der Waals surface area contributed by atoms with Crippen LogP contribution in [0, 0.1) is 0 Å². The Bertz CT molecular complexity index is 1830. The lowest BCUT2D eigenvalue weighted by atomic mass is 10.0. The molecule has 4 heterocycles. The van der Waals surface area contributed by atoms with Crippen LogP contribution in [-0.4, -0.2) is 81.4 Å². The van der Waals surface area contributed by atoms with Gasteiger partial charge in [-0.3, -0.25) is 9.59 Å². The number of piperidine rings is 1. The molecule has 0 atom stereocenters. The summed E-state index contributed by atoms with van der Waals surface area (Å²) in [4.78, 5) is 32.9. The van der Waals surface area contributed by atoms with Gasteiger partial charge in [-0.2, -0.15) is 0 Å². The first-order chi connectivity index (χ1) is 24.1. The number of carbonyl (C=O) groups is 1. The lowest BCUT2D eigenvalue weighted by Gasteiger charge is -2.31. The van der Waals surface area contributed by atoms with Crippen molar-refractivity contribution in [1.82, 2.24) is 14.4 Å². The summed E-state index contributed by atoms with van der Waals surface area (Å²) in [6.45, 7) is 11.6. The van der Waals surface area contributed by atoms with Crippen molar-refractivity contribution in [3.8, 4) is 23.0 Å². The predicted molar refractivity (Wildman–Crippen MR) is 197 cm³/mol. The molecule has 0 spiro atoms. The Morgan fingerprint density at radius 2 is 1.38 bits per heavy atom. The normalized spacial score (nSPS) is 17.4. The molecule has 0 saturated carbocycles. The zero-order valence-electron chi connectivity index (χ0n) is 29.9. The van der Waals surface area contributed by atoms with Gasteiger partial charge in [0.2, 0.25) is 5.43 Å². The van der Waals surface area contributed by atoms with Crippen LogP contribution in [0.2, 0.25) is 25.7 Å². The summed E-state index contributed by atoms with van der Waals surface area (Å²) in [5.41, 5.74) is 2.32. The molecular weight excluding hydrogens is 651 g/mol. The summed E-state index contributed by atoms with van der Waals surface area (Å²) in [6, 6.07) is 20.0. The van der Waals surface area contributed by atoms with E-state index in [4.69, 9.17) is 23.7 Å². The minimum atomic E-state index is -1.33. The fourth-order valence-electron chi connectivity index (χ4n) is 6.50. The molecule has 3 aromatic carbocycles. The van der Waals surface area contributed by atoms with E-state index >= 15 is 0 Å². The van der Waals surface area contributed by atoms with Crippen molar-refractivity contribution in [3.05, 3.63) is 93.8 Å². The lowest BCUT2D eigenvalue weighted by Crippen LogP contribution is -2.43. The first-order valence-electron chi connectivity index (χ1n) is 17.5. The molecule has 3 saturated heterocycles. The average Bonchev–Trinajstić information content (AvgIpc) is 3.46. The van der Waals surface area contributed by atoms with Crippen molar-refractivity contribution in [1.29, 1.82) is 0 Å². The fourth-order valence-corrected chi connectivity index (χ4v) is 7.25. The Balaban J connectivity index is 1.39. The summed E-state index contributed by atoms with van der Waals surface area (Å²) in [5.74, 6) is 2.19. The van der Waals surface area contributed by atoms with Gasteiger partial charge in [-0.05, 0) is 60.3 Å². The van der Waals surface area contributed by atoms with Gasteiger partial charge in [0.05, 0.1) is 25.1 Å². The average molecular weight is 700 g/mol. The predicted octanol–water partition coefficient (Wildman–Crippen LogP) is 6.41. The van der Waals surface area contributed by atoms with E-state index in [0.717, 1.165) is 61.1 Å². The third-order valence-electron chi connectivity index (χ3n) is 9.63. The van der Waals surface area contributed by atoms with E-state index < -0.39 is 8.07 Å². The topological polar surface area (TPSA) is 91.7 Å². The van der Waals surface area contributed by atoms with E-state index in [-0.39, 0.29) is 42.9 Å². The van der Waals surface area contributed by atoms with E-state index in [1.165, 1.54) is 0 Å². The van der Waals surface area contributed by atoms with Gasteiger partial charge in [0.15, 0.2) is 11.5 Å². The molecule has 10 nitrogen and oxygen atoms in total.